The van der Waals surface area contributed by atoms with Crippen LogP contribution in [0.4, 0.5) is 10.5 Å². The minimum absolute atomic E-state index is 0.234. The smallest absolute Gasteiger partial charge is 0.286 e. The molecule has 5 rings (SSSR count). The van der Waals surface area contributed by atoms with Crippen LogP contribution in [0.5, 0.6) is 5.75 Å². The van der Waals surface area contributed by atoms with Gasteiger partial charge in [0.2, 0.25) is 5.91 Å². The molecule has 7 nitrogen and oxygen atoms in total. The maximum atomic E-state index is 12.6. The number of thioether (sulfide) groups is 1. The van der Waals surface area contributed by atoms with Crippen LogP contribution in [0.15, 0.2) is 53.9 Å². The van der Waals surface area contributed by atoms with Crippen LogP contribution in [0.3, 0.4) is 0 Å². The summed E-state index contributed by atoms with van der Waals surface area (Å²) in [6, 6.07) is 15.3. The topological polar surface area (TPSA) is 97.4 Å². The first kappa shape index (κ1) is 19.8. The van der Waals surface area contributed by atoms with E-state index in [2.05, 4.69) is 15.6 Å². The van der Waals surface area contributed by atoms with E-state index >= 15 is 0 Å². The second kappa shape index (κ2) is 8.16. The molecule has 0 bridgehead atoms. The van der Waals surface area contributed by atoms with E-state index in [0.717, 1.165) is 33.6 Å². The second-order valence-electron chi connectivity index (χ2n) is 7.23. The van der Waals surface area contributed by atoms with Crippen molar-refractivity contribution in [3.05, 3.63) is 65.2 Å². The molecule has 3 amide bonds. The Morgan fingerprint density at radius 2 is 1.81 bits per heavy atom. The van der Waals surface area contributed by atoms with Crippen LogP contribution in [-0.4, -0.2) is 33.4 Å². The normalized spacial score (nSPS) is 20.1. The number of anilines is 1. The summed E-state index contributed by atoms with van der Waals surface area (Å²) >= 11 is 2.52. The second-order valence-corrected chi connectivity index (χ2v) is 9.26. The molecule has 1 saturated heterocycles. The van der Waals surface area contributed by atoms with Crippen LogP contribution < -0.4 is 15.4 Å². The van der Waals surface area contributed by atoms with Crippen LogP contribution in [0, 0.1) is 0 Å². The van der Waals surface area contributed by atoms with E-state index in [9.17, 15) is 14.4 Å². The van der Waals surface area contributed by atoms with Crippen LogP contribution in [0.2, 0.25) is 0 Å². The Kier molecular flexibility index (Phi) is 5.21. The summed E-state index contributed by atoms with van der Waals surface area (Å²) in [5.41, 5.74) is 3.26. The molecule has 156 valence electrons. The van der Waals surface area contributed by atoms with Crippen molar-refractivity contribution in [3.8, 4) is 16.3 Å². The van der Waals surface area contributed by atoms with Crippen molar-refractivity contribution in [2.75, 3.05) is 5.32 Å². The van der Waals surface area contributed by atoms with Gasteiger partial charge in [-0.2, -0.15) is 0 Å². The molecule has 1 aromatic heterocycles. The van der Waals surface area contributed by atoms with Gasteiger partial charge in [0.15, 0.2) is 6.10 Å². The third kappa shape index (κ3) is 4.19. The molecule has 0 spiro atoms. The Morgan fingerprint density at radius 1 is 0.968 bits per heavy atom. The van der Waals surface area contributed by atoms with Gasteiger partial charge >= 0.3 is 0 Å². The third-order valence-corrected chi connectivity index (χ3v) is 6.94. The average Bonchev–Trinajstić information content (AvgIpc) is 3.35. The number of aromatic nitrogens is 1. The zero-order chi connectivity index (χ0) is 21.4. The molecule has 2 aliphatic rings. The molecule has 1 fully saturated rings. The summed E-state index contributed by atoms with van der Waals surface area (Å²) in [5.74, 6) is 0.0553. The highest BCUT2D eigenvalue weighted by Crippen LogP contribution is 2.33. The molecule has 2 atom stereocenters. The quantitative estimate of drug-likeness (QED) is 0.615. The lowest BCUT2D eigenvalue weighted by atomic mass is 10.1. The summed E-state index contributed by atoms with van der Waals surface area (Å²) in [5, 5.41) is 7.24. The first-order chi connectivity index (χ1) is 15.0. The minimum Gasteiger partial charge on any atom is -0.478 e. The van der Waals surface area contributed by atoms with Gasteiger partial charge in [0.25, 0.3) is 11.1 Å². The van der Waals surface area contributed by atoms with Crippen LogP contribution in [-0.2, 0) is 22.4 Å². The molecule has 9 heteroatoms. The molecule has 0 aliphatic carbocycles. The first-order valence-corrected chi connectivity index (χ1v) is 11.4. The first-order valence-electron chi connectivity index (χ1n) is 9.67. The fourth-order valence-electron chi connectivity index (χ4n) is 3.50. The van der Waals surface area contributed by atoms with Crippen LogP contribution >= 0.6 is 23.1 Å². The SMILES string of the molecule is O=C1NC(=O)C(Cc2ccc3c(c2)NC(=O)C(Cc2csc(-c4ccccc4)n2)O3)S1. The standard InChI is InChI=1S/C22H17N3O4S2/c26-19-17(10-14-11-30-21(23-14)13-4-2-1-3-5-13)29-16-7-6-12(8-15(16)24-19)9-18-20(27)25-22(28)31-18/h1-8,11,17-18H,9-10H2,(H,24,26)(H,25,27,28). The van der Waals surface area contributed by atoms with Crippen molar-refractivity contribution >= 4 is 45.8 Å². The number of carbonyl (C=O) groups is 3. The number of rotatable bonds is 5. The Labute approximate surface area is 186 Å². The summed E-state index contributed by atoms with van der Waals surface area (Å²) in [4.78, 5) is 40.4. The van der Waals surface area contributed by atoms with Crippen LogP contribution in [0.25, 0.3) is 10.6 Å². The number of hydrogen-bond acceptors (Lipinski definition) is 7. The number of nitrogens with one attached hydrogen (secondary N) is 2. The molecule has 0 saturated carbocycles. The fraction of sp³-hybridized carbons (Fsp3) is 0.182. The predicted molar refractivity (Wildman–Crippen MR) is 119 cm³/mol. The highest BCUT2D eigenvalue weighted by molar-refractivity contribution is 8.15. The van der Waals surface area contributed by atoms with Gasteiger partial charge in [0, 0.05) is 17.4 Å². The number of ether oxygens (including phenoxy) is 1. The number of nitrogens with zero attached hydrogens (tertiary/aromatic N) is 1. The number of benzene rings is 2. The number of thiazole rings is 1. The van der Waals surface area contributed by atoms with Crippen molar-refractivity contribution in [1.82, 2.24) is 10.3 Å². The van der Waals surface area contributed by atoms with Gasteiger partial charge in [-0.05, 0) is 24.1 Å². The molecule has 2 aliphatic heterocycles. The van der Waals surface area contributed by atoms with E-state index in [1.54, 1.807) is 12.1 Å². The lowest BCUT2D eigenvalue weighted by Gasteiger charge is -2.26. The van der Waals surface area contributed by atoms with E-state index in [4.69, 9.17) is 4.74 Å². The predicted octanol–water partition coefficient (Wildman–Crippen LogP) is 3.65. The van der Waals surface area contributed by atoms with Gasteiger partial charge < -0.3 is 10.1 Å². The van der Waals surface area contributed by atoms with Gasteiger partial charge in [-0.1, -0.05) is 48.2 Å². The molecule has 31 heavy (non-hydrogen) atoms. The maximum Gasteiger partial charge on any atom is 0.286 e. The van der Waals surface area contributed by atoms with E-state index < -0.39 is 11.4 Å². The van der Waals surface area contributed by atoms with Crippen molar-refractivity contribution in [3.63, 3.8) is 0 Å². The molecule has 3 aromatic rings. The van der Waals surface area contributed by atoms with Crippen LogP contribution in [0.1, 0.15) is 11.3 Å². The fourth-order valence-corrected chi connectivity index (χ4v) is 5.20. The highest BCUT2D eigenvalue weighted by Gasteiger charge is 2.33. The van der Waals surface area contributed by atoms with Gasteiger partial charge in [-0.25, -0.2) is 4.98 Å². The highest BCUT2D eigenvalue weighted by atomic mass is 32.2. The number of fused-ring (bicyclic) bond motifs is 1. The summed E-state index contributed by atoms with van der Waals surface area (Å²) in [6.07, 6.45) is 0.102. The maximum absolute atomic E-state index is 12.6. The molecule has 2 aromatic carbocycles. The number of amides is 3. The third-order valence-electron chi connectivity index (χ3n) is 5.02. The van der Waals surface area contributed by atoms with Crippen molar-refractivity contribution < 1.29 is 19.1 Å². The van der Waals surface area contributed by atoms with Gasteiger partial charge in [-0.15, -0.1) is 11.3 Å². The van der Waals surface area contributed by atoms with Gasteiger partial charge in [0.05, 0.1) is 16.6 Å². The lowest BCUT2D eigenvalue weighted by molar-refractivity contribution is -0.123. The van der Waals surface area contributed by atoms with Gasteiger partial charge in [-0.3, -0.25) is 19.7 Å². The van der Waals surface area contributed by atoms with E-state index in [1.165, 1.54) is 11.3 Å². The Bertz CT molecular complexity index is 1180. The van der Waals surface area contributed by atoms with E-state index in [1.807, 2.05) is 41.8 Å². The molecular weight excluding hydrogens is 434 g/mol. The number of hydrogen-bond donors (Lipinski definition) is 2. The zero-order valence-corrected chi connectivity index (χ0v) is 17.8. The lowest BCUT2D eigenvalue weighted by Crippen LogP contribution is -2.38. The molecule has 2 unspecified atom stereocenters. The number of imide groups is 1. The summed E-state index contributed by atoms with van der Waals surface area (Å²) in [6.45, 7) is 0. The largest absolute Gasteiger partial charge is 0.478 e. The minimum atomic E-state index is -0.669. The Morgan fingerprint density at radius 3 is 2.58 bits per heavy atom. The van der Waals surface area contributed by atoms with E-state index in [0.29, 0.717) is 24.3 Å². The monoisotopic (exact) mass is 451 g/mol. The number of carbonyl (C=O) groups excluding carboxylic acids is 3. The van der Waals surface area contributed by atoms with Crippen molar-refractivity contribution in [1.29, 1.82) is 0 Å². The summed E-state index contributed by atoms with van der Waals surface area (Å²) in [7, 11) is 0. The van der Waals surface area contributed by atoms with E-state index in [-0.39, 0.29) is 17.1 Å². The zero-order valence-electron chi connectivity index (χ0n) is 16.2. The summed E-state index contributed by atoms with van der Waals surface area (Å²) < 4.78 is 5.94. The Balaban J connectivity index is 1.28. The molecular formula is C22H17N3O4S2. The molecule has 3 heterocycles. The molecule has 0 radical (unpaired) electrons. The van der Waals surface area contributed by atoms with Gasteiger partial charge in [0.1, 0.15) is 10.8 Å². The Hall–Kier alpha value is -3.17. The average molecular weight is 452 g/mol. The van der Waals surface area contributed by atoms with Crippen molar-refractivity contribution in [2.24, 2.45) is 0 Å². The van der Waals surface area contributed by atoms with Crippen molar-refractivity contribution in [2.45, 2.75) is 24.2 Å². The molecule has 2 N–H and O–H groups in total.